The van der Waals surface area contributed by atoms with E-state index < -0.39 is 0 Å². The zero-order chi connectivity index (χ0) is 10.1. The monoisotopic (exact) mass is 195 g/mol. The predicted octanol–water partition coefficient (Wildman–Crippen LogP) is 1.31. The van der Waals surface area contributed by atoms with E-state index in [9.17, 15) is 4.39 Å². The van der Waals surface area contributed by atoms with E-state index in [1.54, 1.807) is 6.07 Å². The molecular formula is C11H14FNO. The molecule has 1 heterocycles. The van der Waals surface area contributed by atoms with Crippen LogP contribution < -0.4 is 5.32 Å². The minimum absolute atomic E-state index is 0.0482. The molecule has 2 N–H and O–H groups in total. The highest BCUT2D eigenvalue weighted by atomic mass is 19.1. The van der Waals surface area contributed by atoms with Crippen molar-refractivity contribution in [2.75, 3.05) is 13.2 Å². The van der Waals surface area contributed by atoms with E-state index in [1.807, 2.05) is 6.92 Å². The van der Waals surface area contributed by atoms with Crippen molar-refractivity contribution < 1.29 is 9.50 Å². The number of nitrogens with one attached hydrogen (secondary N) is 1. The summed E-state index contributed by atoms with van der Waals surface area (Å²) >= 11 is 0. The van der Waals surface area contributed by atoms with Crippen molar-refractivity contribution in [3.05, 3.63) is 34.6 Å². The minimum Gasteiger partial charge on any atom is -0.394 e. The Morgan fingerprint density at radius 1 is 1.57 bits per heavy atom. The summed E-state index contributed by atoms with van der Waals surface area (Å²) in [5.74, 6) is -0.211. The molecule has 0 fully saturated rings. The molecule has 0 amide bonds. The van der Waals surface area contributed by atoms with Gasteiger partial charge in [-0.05, 0) is 37.1 Å². The quantitative estimate of drug-likeness (QED) is 0.708. The lowest BCUT2D eigenvalue weighted by atomic mass is 9.91. The van der Waals surface area contributed by atoms with E-state index in [4.69, 9.17) is 5.11 Å². The van der Waals surface area contributed by atoms with Crippen molar-refractivity contribution in [2.45, 2.75) is 19.4 Å². The van der Waals surface area contributed by atoms with Crippen LogP contribution in [0.3, 0.4) is 0 Å². The van der Waals surface area contributed by atoms with Crippen LogP contribution in [-0.2, 0) is 6.42 Å². The average molecular weight is 195 g/mol. The Balaban J connectivity index is 2.55. The second kappa shape index (κ2) is 3.67. The van der Waals surface area contributed by atoms with Gasteiger partial charge in [0.2, 0.25) is 0 Å². The molecule has 0 aliphatic carbocycles. The Hall–Kier alpha value is -0.930. The third kappa shape index (κ3) is 1.42. The van der Waals surface area contributed by atoms with Crippen LogP contribution in [-0.4, -0.2) is 18.3 Å². The van der Waals surface area contributed by atoms with Gasteiger partial charge in [0.1, 0.15) is 5.82 Å². The predicted molar refractivity (Wildman–Crippen MR) is 52.7 cm³/mol. The Morgan fingerprint density at radius 3 is 3.07 bits per heavy atom. The van der Waals surface area contributed by atoms with E-state index in [0.29, 0.717) is 5.56 Å². The molecule has 0 aromatic heterocycles. The number of hydrogen-bond donors (Lipinski definition) is 2. The maximum atomic E-state index is 13.5. The highest BCUT2D eigenvalue weighted by Gasteiger charge is 2.23. The van der Waals surface area contributed by atoms with Gasteiger partial charge in [0.05, 0.1) is 12.6 Å². The number of rotatable bonds is 1. The molecule has 14 heavy (non-hydrogen) atoms. The van der Waals surface area contributed by atoms with E-state index in [0.717, 1.165) is 24.1 Å². The average Bonchev–Trinajstić information content (AvgIpc) is 2.23. The fourth-order valence-electron chi connectivity index (χ4n) is 2.08. The van der Waals surface area contributed by atoms with Gasteiger partial charge in [-0.25, -0.2) is 4.39 Å². The molecule has 2 rings (SSSR count). The van der Waals surface area contributed by atoms with Gasteiger partial charge < -0.3 is 10.4 Å². The molecule has 0 radical (unpaired) electrons. The van der Waals surface area contributed by atoms with Gasteiger partial charge in [-0.3, -0.25) is 0 Å². The lowest BCUT2D eigenvalue weighted by Gasteiger charge is -2.27. The van der Waals surface area contributed by atoms with Crippen molar-refractivity contribution in [1.82, 2.24) is 5.32 Å². The summed E-state index contributed by atoms with van der Waals surface area (Å²) in [6, 6.07) is 3.04. The first-order valence-electron chi connectivity index (χ1n) is 4.86. The highest BCUT2D eigenvalue weighted by molar-refractivity contribution is 5.39. The van der Waals surface area contributed by atoms with E-state index in [2.05, 4.69) is 5.32 Å². The van der Waals surface area contributed by atoms with Crippen molar-refractivity contribution in [2.24, 2.45) is 0 Å². The van der Waals surface area contributed by atoms with Crippen LogP contribution >= 0.6 is 0 Å². The van der Waals surface area contributed by atoms with Crippen LogP contribution in [0, 0.1) is 12.7 Å². The normalized spacial score (nSPS) is 20.6. The molecule has 3 heteroatoms. The first-order chi connectivity index (χ1) is 6.74. The number of benzene rings is 1. The Bertz CT molecular complexity index is 351. The minimum atomic E-state index is -0.237. The summed E-state index contributed by atoms with van der Waals surface area (Å²) in [5.41, 5.74) is 2.82. The van der Waals surface area contributed by atoms with Crippen LogP contribution in [0.5, 0.6) is 0 Å². The number of fused-ring (bicyclic) bond motifs is 1. The number of aliphatic hydroxyl groups is 1. The van der Waals surface area contributed by atoms with Crippen LogP contribution in [0.15, 0.2) is 12.1 Å². The smallest absolute Gasteiger partial charge is 0.128 e. The topological polar surface area (TPSA) is 32.3 Å². The first kappa shape index (κ1) is 9.62. The SMILES string of the molecule is Cc1ccc(F)c2c1CCNC2CO. The molecular weight excluding hydrogens is 181 g/mol. The number of aryl methyl sites for hydroxylation is 1. The highest BCUT2D eigenvalue weighted by Crippen LogP contribution is 2.27. The molecule has 1 atom stereocenters. The second-order valence-electron chi connectivity index (χ2n) is 3.70. The van der Waals surface area contributed by atoms with Gasteiger partial charge in [-0.2, -0.15) is 0 Å². The van der Waals surface area contributed by atoms with Crippen LogP contribution in [0.2, 0.25) is 0 Å². The first-order valence-corrected chi connectivity index (χ1v) is 4.86. The molecule has 0 spiro atoms. The zero-order valence-electron chi connectivity index (χ0n) is 8.18. The summed E-state index contributed by atoms with van der Waals surface area (Å²) < 4.78 is 13.5. The number of halogens is 1. The molecule has 2 nitrogen and oxygen atoms in total. The molecule has 1 aromatic carbocycles. The lowest BCUT2D eigenvalue weighted by Crippen LogP contribution is -2.33. The van der Waals surface area contributed by atoms with Crippen molar-refractivity contribution in [1.29, 1.82) is 0 Å². The fraction of sp³-hybridized carbons (Fsp3) is 0.455. The zero-order valence-corrected chi connectivity index (χ0v) is 8.18. The second-order valence-corrected chi connectivity index (χ2v) is 3.70. The van der Waals surface area contributed by atoms with Gasteiger partial charge in [0.25, 0.3) is 0 Å². The number of hydrogen-bond acceptors (Lipinski definition) is 2. The molecule has 0 saturated heterocycles. The molecule has 1 aliphatic heterocycles. The Labute approximate surface area is 82.8 Å². The van der Waals surface area contributed by atoms with Crippen LogP contribution in [0.1, 0.15) is 22.7 Å². The lowest BCUT2D eigenvalue weighted by molar-refractivity contribution is 0.236. The van der Waals surface area contributed by atoms with Crippen LogP contribution in [0.4, 0.5) is 4.39 Å². The van der Waals surface area contributed by atoms with Crippen LogP contribution in [0.25, 0.3) is 0 Å². The number of aliphatic hydroxyl groups excluding tert-OH is 1. The largest absolute Gasteiger partial charge is 0.394 e. The fourth-order valence-corrected chi connectivity index (χ4v) is 2.08. The van der Waals surface area contributed by atoms with E-state index >= 15 is 0 Å². The van der Waals surface area contributed by atoms with E-state index in [1.165, 1.54) is 6.07 Å². The summed E-state index contributed by atoms with van der Waals surface area (Å²) in [6.45, 7) is 2.74. The molecule has 0 saturated carbocycles. The van der Waals surface area contributed by atoms with Gasteiger partial charge in [-0.15, -0.1) is 0 Å². The van der Waals surface area contributed by atoms with Gasteiger partial charge in [0, 0.05) is 5.56 Å². The Kier molecular flexibility index (Phi) is 2.52. The van der Waals surface area contributed by atoms with Gasteiger partial charge >= 0.3 is 0 Å². The third-order valence-electron chi connectivity index (χ3n) is 2.83. The van der Waals surface area contributed by atoms with Crippen molar-refractivity contribution in [3.63, 3.8) is 0 Å². The maximum Gasteiger partial charge on any atom is 0.128 e. The third-order valence-corrected chi connectivity index (χ3v) is 2.83. The molecule has 1 aliphatic rings. The molecule has 1 unspecified atom stereocenters. The summed E-state index contributed by atoms with van der Waals surface area (Å²) in [7, 11) is 0. The van der Waals surface area contributed by atoms with Gasteiger partial charge in [-0.1, -0.05) is 6.07 Å². The maximum absolute atomic E-state index is 13.5. The van der Waals surface area contributed by atoms with E-state index in [-0.39, 0.29) is 18.5 Å². The molecule has 1 aromatic rings. The summed E-state index contributed by atoms with van der Waals surface area (Å²) in [5, 5.41) is 12.2. The molecule has 0 bridgehead atoms. The van der Waals surface area contributed by atoms with Crippen molar-refractivity contribution >= 4 is 0 Å². The van der Waals surface area contributed by atoms with Gasteiger partial charge in [0.15, 0.2) is 0 Å². The summed E-state index contributed by atoms with van der Waals surface area (Å²) in [6.07, 6.45) is 0.843. The summed E-state index contributed by atoms with van der Waals surface area (Å²) in [4.78, 5) is 0. The standard InChI is InChI=1S/C11H14FNO/c1-7-2-3-9(12)11-8(7)4-5-13-10(11)6-14/h2-3,10,13-14H,4-6H2,1H3. The molecule has 76 valence electrons. The Morgan fingerprint density at radius 2 is 2.36 bits per heavy atom. The van der Waals surface area contributed by atoms with Crippen molar-refractivity contribution in [3.8, 4) is 0 Å².